The Balaban J connectivity index is 1.62. The smallest absolute Gasteiger partial charge is 0.175 e. The number of aromatic nitrogens is 4. The normalized spacial score (nSPS) is 17.6. The van der Waals surface area contributed by atoms with E-state index in [0.29, 0.717) is 44.2 Å². The van der Waals surface area contributed by atoms with Gasteiger partial charge in [-0.05, 0) is 25.1 Å². The first-order valence-electron chi connectivity index (χ1n) is 7.05. The van der Waals surface area contributed by atoms with Crippen LogP contribution in [0.3, 0.4) is 0 Å². The molecule has 0 aliphatic carbocycles. The first-order chi connectivity index (χ1) is 10.1. The summed E-state index contributed by atoms with van der Waals surface area (Å²) in [6.45, 7) is 3.57. The molecule has 2 aromatic rings. The number of aryl methyl sites for hydroxylation is 1. The summed E-state index contributed by atoms with van der Waals surface area (Å²) in [4.78, 5) is 0. The highest BCUT2D eigenvalue weighted by Gasteiger charge is 2.29. The molecule has 0 atom stereocenters. The number of hydrogen-bond donors (Lipinski definition) is 2. The Morgan fingerprint density at radius 1 is 1.29 bits per heavy atom. The summed E-state index contributed by atoms with van der Waals surface area (Å²) in [7, 11) is 0. The van der Waals surface area contributed by atoms with Crippen LogP contribution in [0.5, 0.6) is 0 Å². The van der Waals surface area contributed by atoms with Crippen LogP contribution in [0.1, 0.15) is 18.5 Å². The van der Waals surface area contributed by atoms with Crippen LogP contribution >= 0.6 is 0 Å². The molecule has 7 nitrogen and oxygen atoms in total. The van der Waals surface area contributed by atoms with Crippen LogP contribution < -0.4 is 5.32 Å². The van der Waals surface area contributed by atoms with Gasteiger partial charge >= 0.3 is 0 Å². The Hall–Kier alpha value is -1.99. The minimum atomic E-state index is -0.725. The van der Waals surface area contributed by atoms with Gasteiger partial charge < -0.3 is 15.2 Å². The van der Waals surface area contributed by atoms with Crippen molar-refractivity contribution in [2.45, 2.75) is 25.4 Å². The van der Waals surface area contributed by atoms with Crippen molar-refractivity contribution in [3.8, 4) is 5.82 Å². The molecule has 0 bridgehead atoms. The zero-order valence-electron chi connectivity index (χ0n) is 12.0. The average molecular weight is 289 g/mol. The average Bonchev–Trinajstić information content (AvgIpc) is 2.93. The summed E-state index contributed by atoms with van der Waals surface area (Å²) in [5, 5.41) is 26.0. The number of nitrogens with zero attached hydrogens (tertiary/aromatic N) is 4. The second kappa shape index (κ2) is 5.79. The summed E-state index contributed by atoms with van der Waals surface area (Å²) in [5.41, 5.74) is 0.207. The van der Waals surface area contributed by atoms with Crippen molar-refractivity contribution in [3.63, 3.8) is 0 Å². The predicted octanol–water partition coefficient (Wildman–Crippen LogP) is 0.924. The third-order valence-corrected chi connectivity index (χ3v) is 3.63. The van der Waals surface area contributed by atoms with Crippen LogP contribution in [0, 0.1) is 6.92 Å². The first-order valence-corrected chi connectivity index (χ1v) is 7.05. The van der Waals surface area contributed by atoms with Gasteiger partial charge in [-0.15, -0.1) is 10.2 Å². The number of ether oxygens (including phenoxy) is 1. The first kappa shape index (κ1) is 14.0. The van der Waals surface area contributed by atoms with E-state index in [2.05, 4.69) is 20.6 Å². The highest BCUT2D eigenvalue weighted by Crippen LogP contribution is 2.20. The van der Waals surface area contributed by atoms with E-state index in [1.165, 1.54) is 0 Å². The molecule has 0 spiro atoms. The topological polar surface area (TPSA) is 85.1 Å². The largest absolute Gasteiger partial charge is 0.388 e. The number of nitrogens with one attached hydrogen (secondary N) is 1. The predicted molar refractivity (Wildman–Crippen MR) is 77.4 cm³/mol. The lowest BCUT2D eigenvalue weighted by molar-refractivity contribution is -0.0543. The summed E-state index contributed by atoms with van der Waals surface area (Å²) in [6, 6.07) is 5.59. The van der Waals surface area contributed by atoms with Crippen molar-refractivity contribution < 1.29 is 9.84 Å². The van der Waals surface area contributed by atoms with Crippen LogP contribution in [0.2, 0.25) is 0 Å². The fourth-order valence-corrected chi connectivity index (χ4v) is 2.27. The maximum absolute atomic E-state index is 10.4. The Labute approximate surface area is 123 Å². The molecule has 0 aromatic carbocycles. The number of anilines is 1. The highest BCUT2D eigenvalue weighted by molar-refractivity contribution is 5.36. The minimum absolute atomic E-state index is 0.450. The second-order valence-corrected chi connectivity index (χ2v) is 5.37. The Morgan fingerprint density at radius 3 is 2.71 bits per heavy atom. The molecule has 0 radical (unpaired) electrons. The van der Waals surface area contributed by atoms with Gasteiger partial charge in [0.1, 0.15) is 5.82 Å². The Kier molecular flexibility index (Phi) is 3.85. The molecular weight excluding hydrogens is 270 g/mol. The highest BCUT2D eigenvalue weighted by atomic mass is 16.5. The maximum Gasteiger partial charge on any atom is 0.175 e. The Morgan fingerprint density at radius 2 is 2.10 bits per heavy atom. The third-order valence-electron chi connectivity index (χ3n) is 3.63. The molecule has 7 heteroatoms. The zero-order valence-corrected chi connectivity index (χ0v) is 12.0. The van der Waals surface area contributed by atoms with Gasteiger partial charge in [0.2, 0.25) is 0 Å². The van der Waals surface area contributed by atoms with Crippen molar-refractivity contribution in [2.24, 2.45) is 0 Å². The monoisotopic (exact) mass is 289 g/mol. The van der Waals surface area contributed by atoms with Crippen molar-refractivity contribution in [3.05, 3.63) is 30.1 Å². The number of rotatable bonds is 4. The fraction of sp³-hybridized carbons (Fsp3) is 0.500. The molecule has 3 rings (SSSR count). The summed E-state index contributed by atoms with van der Waals surface area (Å²) >= 11 is 0. The third kappa shape index (κ3) is 3.37. The molecule has 1 fully saturated rings. The molecule has 112 valence electrons. The van der Waals surface area contributed by atoms with E-state index in [0.717, 1.165) is 5.69 Å². The fourth-order valence-electron chi connectivity index (χ4n) is 2.27. The van der Waals surface area contributed by atoms with Gasteiger partial charge in [0.05, 0.1) is 11.3 Å². The van der Waals surface area contributed by atoms with Crippen molar-refractivity contribution in [2.75, 3.05) is 25.1 Å². The van der Waals surface area contributed by atoms with Crippen LogP contribution in [0.15, 0.2) is 24.4 Å². The lowest BCUT2D eigenvalue weighted by Crippen LogP contribution is -2.42. The van der Waals surface area contributed by atoms with Gasteiger partial charge in [-0.25, -0.2) is 4.68 Å². The van der Waals surface area contributed by atoms with E-state index >= 15 is 0 Å². The standard InChI is InChI=1S/C14H19N5O2/c1-11-4-7-19(18-11)13-3-2-12(16-17-13)15-10-14(20)5-8-21-9-6-14/h2-4,7,20H,5-6,8-10H2,1H3,(H,15,16). The van der Waals surface area contributed by atoms with E-state index in [1.807, 2.05) is 31.3 Å². The van der Waals surface area contributed by atoms with Crippen LogP contribution in [0.25, 0.3) is 5.82 Å². The van der Waals surface area contributed by atoms with Gasteiger partial charge in [-0.1, -0.05) is 0 Å². The molecule has 0 amide bonds. The van der Waals surface area contributed by atoms with Gasteiger partial charge in [0.15, 0.2) is 5.82 Å². The molecule has 2 aromatic heterocycles. The van der Waals surface area contributed by atoms with Gasteiger partial charge in [0.25, 0.3) is 0 Å². The number of hydrogen-bond acceptors (Lipinski definition) is 6. The summed E-state index contributed by atoms with van der Waals surface area (Å²) in [6.07, 6.45) is 3.12. The molecule has 1 saturated heterocycles. The molecule has 2 N–H and O–H groups in total. The summed E-state index contributed by atoms with van der Waals surface area (Å²) < 4.78 is 6.94. The van der Waals surface area contributed by atoms with Crippen LogP contribution in [0.4, 0.5) is 5.82 Å². The molecule has 0 saturated carbocycles. The van der Waals surface area contributed by atoms with Crippen molar-refractivity contribution in [1.29, 1.82) is 0 Å². The van der Waals surface area contributed by atoms with E-state index in [9.17, 15) is 5.11 Å². The summed E-state index contributed by atoms with van der Waals surface area (Å²) in [5.74, 6) is 1.31. The zero-order chi connectivity index (χ0) is 14.7. The minimum Gasteiger partial charge on any atom is -0.388 e. The molecule has 1 aliphatic rings. The second-order valence-electron chi connectivity index (χ2n) is 5.37. The van der Waals surface area contributed by atoms with E-state index in [-0.39, 0.29) is 0 Å². The quantitative estimate of drug-likeness (QED) is 0.871. The van der Waals surface area contributed by atoms with Crippen LogP contribution in [-0.4, -0.2) is 50.4 Å². The van der Waals surface area contributed by atoms with Crippen LogP contribution in [-0.2, 0) is 4.74 Å². The van der Waals surface area contributed by atoms with E-state index in [4.69, 9.17) is 4.74 Å². The lowest BCUT2D eigenvalue weighted by atomic mass is 9.94. The molecule has 1 aliphatic heterocycles. The molecule has 0 unspecified atom stereocenters. The molecule has 3 heterocycles. The lowest BCUT2D eigenvalue weighted by Gasteiger charge is -2.32. The number of aliphatic hydroxyl groups is 1. The van der Waals surface area contributed by atoms with Crippen molar-refractivity contribution in [1.82, 2.24) is 20.0 Å². The van der Waals surface area contributed by atoms with Gasteiger partial charge in [-0.2, -0.15) is 5.10 Å². The van der Waals surface area contributed by atoms with E-state index in [1.54, 1.807) is 4.68 Å². The Bertz CT molecular complexity index is 590. The van der Waals surface area contributed by atoms with Gasteiger partial charge in [0, 0.05) is 38.8 Å². The SMILES string of the molecule is Cc1ccn(-c2ccc(NCC3(O)CCOCC3)nn2)n1. The maximum atomic E-state index is 10.4. The molecular formula is C14H19N5O2. The van der Waals surface area contributed by atoms with Crippen molar-refractivity contribution >= 4 is 5.82 Å². The molecule has 21 heavy (non-hydrogen) atoms. The van der Waals surface area contributed by atoms with Gasteiger partial charge in [-0.3, -0.25) is 0 Å². The van der Waals surface area contributed by atoms with E-state index < -0.39 is 5.60 Å².